The average Bonchev–Trinajstić information content (AvgIpc) is 2.53. The molecule has 0 aliphatic carbocycles. The molecule has 2 aromatic rings. The van der Waals surface area contributed by atoms with Crippen LogP contribution in [0.4, 0.5) is 0 Å². The third kappa shape index (κ3) is 4.94. The summed E-state index contributed by atoms with van der Waals surface area (Å²) in [6.45, 7) is 3.27. The Labute approximate surface area is 133 Å². The number of rotatable bonds is 6. The minimum atomic E-state index is -4.50. The van der Waals surface area contributed by atoms with Crippen molar-refractivity contribution in [3.05, 3.63) is 60.7 Å². The van der Waals surface area contributed by atoms with E-state index in [1.54, 1.807) is 30.3 Å². The van der Waals surface area contributed by atoms with Crippen molar-refractivity contribution in [3.8, 4) is 11.5 Å². The van der Waals surface area contributed by atoms with Crippen LogP contribution in [0.2, 0.25) is 0 Å². The first kappa shape index (κ1) is 16.7. The number of hydrogen-bond acceptors (Lipinski definition) is 6. The fraction of sp³-hybridized carbons (Fsp3) is 0.0625. The molecule has 0 saturated heterocycles. The summed E-state index contributed by atoms with van der Waals surface area (Å²) in [4.78, 5) is 11.3. The molecule has 0 radical (unpaired) electrons. The van der Waals surface area contributed by atoms with Gasteiger partial charge in [0.05, 0.1) is 4.90 Å². The topological polar surface area (TPSA) is 92.7 Å². The zero-order valence-corrected chi connectivity index (χ0v) is 12.8. The van der Waals surface area contributed by atoms with Crippen LogP contribution in [0.25, 0.3) is 6.08 Å². The molecule has 2 rings (SSSR count). The molecule has 0 unspecified atom stereocenters. The molecular weight excluding hydrogens is 320 g/mol. The Hall–Kier alpha value is -2.64. The molecule has 7 heteroatoms. The number of hydrogen-bond donors (Lipinski definition) is 0. The van der Waals surface area contributed by atoms with Gasteiger partial charge in [-0.15, -0.1) is 0 Å². The summed E-state index contributed by atoms with van der Waals surface area (Å²) in [6.07, 6.45) is 1.67. The SMILES string of the molecule is C=Cc1ccc(OC(=O)COc2ccc(S(=O)(=O)[O-])cc2)cc1. The summed E-state index contributed by atoms with van der Waals surface area (Å²) in [5.74, 6) is 0.00484. The molecule has 23 heavy (non-hydrogen) atoms. The maximum Gasteiger partial charge on any atom is 0.349 e. The Morgan fingerprint density at radius 1 is 1.04 bits per heavy atom. The Morgan fingerprint density at radius 3 is 2.13 bits per heavy atom. The van der Waals surface area contributed by atoms with E-state index in [1.807, 2.05) is 0 Å². The molecule has 0 heterocycles. The van der Waals surface area contributed by atoms with Crippen molar-refractivity contribution < 1.29 is 27.2 Å². The standard InChI is InChI=1S/C16H14O6S/c1-2-12-3-5-14(6-4-12)22-16(17)11-21-13-7-9-15(10-8-13)23(18,19)20/h2-10H,1,11H2,(H,18,19,20)/p-1. The second kappa shape index (κ2) is 7.08. The summed E-state index contributed by atoms with van der Waals surface area (Å²) in [5.41, 5.74) is 0.898. The average molecular weight is 333 g/mol. The van der Waals surface area contributed by atoms with E-state index in [4.69, 9.17) is 9.47 Å². The predicted octanol–water partition coefficient (Wildman–Crippen LogP) is 2.22. The van der Waals surface area contributed by atoms with Gasteiger partial charge in [-0.25, -0.2) is 13.2 Å². The zero-order valence-electron chi connectivity index (χ0n) is 12.0. The normalized spacial score (nSPS) is 10.8. The number of carbonyl (C=O) groups excluding carboxylic acids is 1. The summed E-state index contributed by atoms with van der Waals surface area (Å²) >= 11 is 0. The number of benzene rings is 2. The van der Waals surface area contributed by atoms with Crippen LogP contribution >= 0.6 is 0 Å². The van der Waals surface area contributed by atoms with Crippen molar-refractivity contribution in [1.29, 1.82) is 0 Å². The molecule has 0 fully saturated rings. The Kier molecular flexibility index (Phi) is 5.15. The third-order valence-electron chi connectivity index (χ3n) is 2.82. The zero-order chi connectivity index (χ0) is 16.9. The van der Waals surface area contributed by atoms with Gasteiger partial charge in [0.2, 0.25) is 0 Å². The van der Waals surface area contributed by atoms with E-state index >= 15 is 0 Å². The van der Waals surface area contributed by atoms with E-state index < -0.39 is 16.1 Å². The highest BCUT2D eigenvalue weighted by molar-refractivity contribution is 7.85. The maximum absolute atomic E-state index is 11.7. The monoisotopic (exact) mass is 333 g/mol. The molecular formula is C16H13O6S-. The van der Waals surface area contributed by atoms with Crippen molar-refractivity contribution in [1.82, 2.24) is 0 Å². The van der Waals surface area contributed by atoms with Crippen LogP contribution in [-0.4, -0.2) is 25.5 Å². The molecule has 0 bridgehead atoms. The fourth-order valence-corrected chi connectivity index (χ4v) is 2.15. The fourth-order valence-electron chi connectivity index (χ4n) is 1.68. The van der Waals surface area contributed by atoms with E-state index in [1.165, 1.54) is 12.1 Å². The minimum Gasteiger partial charge on any atom is -0.744 e. The van der Waals surface area contributed by atoms with Gasteiger partial charge in [-0.2, -0.15) is 0 Å². The summed E-state index contributed by atoms with van der Waals surface area (Å²) in [7, 11) is -4.50. The van der Waals surface area contributed by atoms with E-state index in [2.05, 4.69) is 6.58 Å². The van der Waals surface area contributed by atoms with Crippen LogP contribution < -0.4 is 9.47 Å². The molecule has 0 aromatic heterocycles. The van der Waals surface area contributed by atoms with Gasteiger partial charge in [-0.1, -0.05) is 24.8 Å². The van der Waals surface area contributed by atoms with Gasteiger partial charge in [0.15, 0.2) is 6.61 Å². The van der Waals surface area contributed by atoms with Crippen LogP contribution in [0.5, 0.6) is 11.5 Å². The van der Waals surface area contributed by atoms with Gasteiger partial charge in [0.25, 0.3) is 0 Å². The maximum atomic E-state index is 11.7. The van der Waals surface area contributed by atoms with Crippen molar-refractivity contribution >= 4 is 22.2 Å². The molecule has 2 aromatic carbocycles. The highest BCUT2D eigenvalue weighted by Crippen LogP contribution is 2.16. The van der Waals surface area contributed by atoms with Crippen LogP contribution in [0, 0.1) is 0 Å². The molecule has 0 atom stereocenters. The van der Waals surface area contributed by atoms with Crippen LogP contribution in [0.3, 0.4) is 0 Å². The quantitative estimate of drug-likeness (QED) is 0.457. The van der Waals surface area contributed by atoms with Gasteiger partial charge >= 0.3 is 5.97 Å². The number of esters is 1. The largest absolute Gasteiger partial charge is 0.744 e. The van der Waals surface area contributed by atoms with Crippen molar-refractivity contribution in [3.63, 3.8) is 0 Å². The number of ether oxygens (including phenoxy) is 2. The lowest BCUT2D eigenvalue weighted by molar-refractivity contribution is -0.136. The molecule has 6 nitrogen and oxygen atoms in total. The predicted molar refractivity (Wildman–Crippen MR) is 82.1 cm³/mol. The second-order valence-electron chi connectivity index (χ2n) is 4.46. The van der Waals surface area contributed by atoms with E-state index in [9.17, 15) is 17.8 Å². The lowest BCUT2D eigenvalue weighted by Crippen LogP contribution is -2.17. The van der Waals surface area contributed by atoms with Crippen LogP contribution in [0.1, 0.15) is 5.56 Å². The van der Waals surface area contributed by atoms with Gasteiger partial charge < -0.3 is 14.0 Å². The van der Waals surface area contributed by atoms with Gasteiger partial charge in [-0.05, 0) is 42.0 Å². The van der Waals surface area contributed by atoms with Gasteiger partial charge in [0.1, 0.15) is 21.6 Å². The number of carbonyl (C=O) groups is 1. The molecule has 0 spiro atoms. The van der Waals surface area contributed by atoms with E-state index in [-0.39, 0.29) is 17.3 Å². The third-order valence-corrected chi connectivity index (χ3v) is 3.67. The summed E-state index contributed by atoms with van der Waals surface area (Å²) in [6, 6.07) is 11.5. The molecule has 120 valence electrons. The first-order valence-electron chi connectivity index (χ1n) is 6.50. The highest BCUT2D eigenvalue weighted by atomic mass is 32.2. The van der Waals surface area contributed by atoms with Crippen molar-refractivity contribution in [2.45, 2.75) is 4.90 Å². The molecule has 0 aliphatic heterocycles. The Balaban J connectivity index is 1.89. The van der Waals surface area contributed by atoms with Crippen molar-refractivity contribution in [2.75, 3.05) is 6.61 Å². The van der Waals surface area contributed by atoms with Crippen LogP contribution in [-0.2, 0) is 14.9 Å². The summed E-state index contributed by atoms with van der Waals surface area (Å²) in [5, 5.41) is 0. The molecule has 0 amide bonds. The molecule has 0 saturated carbocycles. The lowest BCUT2D eigenvalue weighted by atomic mass is 10.2. The van der Waals surface area contributed by atoms with Crippen LogP contribution in [0.15, 0.2) is 60.0 Å². The highest BCUT2D eigenvalue weighted by Gasteiger charge is 2.07. The van der Waals surface area contributed by atoms with Gasteiger partial charge in [0, 0.05) is 0 Å². The Morgan fingerprint density at radius 2 is 1.61 bits per heavy atom. The van der Waals surface area contributed by atoms with Crippen molar-refractivity contribution in [2.24, 2.45) is 0 Å². The molecule has 0 aliphatic rings. The second-order valence-corrected chi connectivity index (χ2v) is 5.84. The molecule has 0 N–H and O–H groups in total. The van der Waals surface area contributed by atoms with E-state index in [0.29, 0.717) is 5.75 Å². The summed E-state index contributed by atoms with van der Waals surface area (Å²) < 4.78 is 42.6. The first-order chi connectivity index (χ1) is 10.9. The van der Waals surface area contributed by atoms with Gasteiger partial charge in [-0.3, -0.25) is 0 Å². The lowest BCUT2D eigenvalue weighted by Gasteiger charge is -2.09. The minimum absolute atomic E-state index is 0.247. The Bertz CT molecular complexity index is 791. The smallest absolute Gasteiger partial charge is 0.349 e. The van der Waals surface area contributed by atoms with E-state index in [0.717, 1.165) is 17.7 Å². The first-order valence-corrected chi connectivity index (χ1v) is 7.91.